The van der Waals surface area contributed by atoms with E-state index < -0.39 is 43.4 Å². The number of hydrogen-bond donors (Lipinski definition) is 0. The Bertz CT molecular complexity index is 4860. The van der Waals surface area contributed by atoms with E-state index in [4.69, 9.17) is 0 Å². The van der Waals surface area contributed by atoms with E-state index in [1.54, 1.807) is 24.3 Å². The van der Waals surface area contributed by atoms with Crippen LogP contribution in [0.4, 0.5) is 17.6 Å². The molecule has 0 amide bonds. The monoisotopic (exact) mass is 1480 g/mol. The summed E-state index contributed by atoms with van der Waals surface area (Å²) < 4.78 is 61.4. The van der Waals surface area contributed by atoms with Crippen molar-refractivity contribution < 1.29 is 32.2 Å². The summed E-state index contributed by atoms with van der Waals surface area (Å²) in [7, 11) is 17.3. The van der Waals surface area contributed by atoms with E-state index in [0.717, 1.165) is 66.1 Å². The molecule has 0 bridgehead atoms. The van der Waals surface area contributed by atoms with E-state index in [0.29, 0.717) is 21.5 Å². The summed E-state index contributed by atoms with van der Waals surface area (Å²) >= 11 is -8.19. The summed E-state index contributed by atoms with van der Waals surface area (Å²) in [6.45, 7) is 14.8. The Kier molecular flexibility index (Phi) is 12.5. The van der Waals surface area contributed by atoms with Crippen molar-refractivity contribution in [1.29, 1.82) is 0 Å². The zero-order valence-electron chi connectivity index (χ0n) is 53.6. The zero-order valence-corrected chi connectivity index (χ0v) is 61.0. The summed E-state index contributed by atoms with van der Waals surface area (Å²) in [4.78, 5) is 0. The van der Waals surface area contributed by atoms with Crippen LogP contribution in [-0.4, -0.2) is 17.6 Å². The van der Waals surface area contributed by atoms with Crippen molar-refractivity contribution in [3.8, 4) is 0 Å². The van der Waals surface area contributed by atoms with E-state index in [-0.39, 0.29) is 46.9 Å². The van der Waals surface area contributed by atoms with Crippen molar-refractivity contribution in [2.75, 3.05) is 0 Å². The maximum atomic E-state index is 16.3. The van der Waals surface area contributed by atoms with Crippen molar-refractivity contribution in [1.82, 2.24) is 0 Å². The summed E-state index contributed by atoms with van der Waals surface area (Å²) in [5.41, 5.74) is 18.0. The molecule has 8 aliphatic carbocycles. The Morgan fingerprint density at radius 2 is 0.516 bits per heavy atom. The second kappa shape index (κ2) is 19.9. The van der Waals surface area contributed by atoms with Crippen LogP contribution in [0.2, 0.25) is 24.3 Å². The molecule has 2 aliphatic heterocycles. The normalized spacial score (nSPS) is 31.3. The molecule has 0 nitrogen and oxygen atoms in total. The van der Waals surface area contributed by atoms with Gasteiger partial charge in [-0.25, -0.2) is 0 Å². The third-order valence-corrected chi connectivity index (χ3v) is 143. The van der Waals surface area contributed by atoms with Crippen LogP contribution in [0.3, 0.4) is 0 Å². The third kappa shape index (κ3) is 6.28. The van der Waals surface area contributed by atoms with E-state index in [2.05, 4.69) is 187 Å². The molecular weight excluding hydrogens is 1410 g/mol. The molecule has 8 atom stereocenters. The second-order valence-electron chi connectivity index (χ2n) is 28.7. The quantitative estimate of drug-likeness (QED) is 0.122. The predicted molar refractivity (Wildman–Crippen MR) is 391 cm³/mol. The first-order valence-corrected chi connectivity index (χ1v) is 54.2. The minimum absolute atomic E-state index is 0.265. The first kappa shape index (κ1) is 59.7. The van der Waals surface area contributed by atoms with Gasteiger partial charge in [-0.3, -0.25) is 0 Å². The average molecular weight is 1480 g/mol. The minimum atomic E-state index is -8.19. The number of benzene rings is 8. The molecule has 0 aromatic heterocycles. The van der Waals surface area contributed by atoms with Gasteiger partial charge in [-0.05, 0) is 0 Å². The number of hydrogen-bond acceptors (Lipinski definition) is 0. The van der Waals surface area contributed by atoms with Crippen molar-refractivity contribution in [2.45, 2.75) is 75.6 Å². The number of fused-ring (bicyclic) bond motifs is 12. The van der Waals surface area contributed by atoms with Gasteiger partial charge in [-0.1, -0.05) is 0 Å². The van der Waals surface area contributed by atoms with Gasteiger partial charge in [0.1, 0.15) is 0 Å². The summed E-state index contributed by atoms with van der Waals surface area (Å²) in [6.07, 6.45) is 46.5. The number of rotatable bonds is 4. The van der Waals surface area contributed by atoms with E-state index in [9.17, 15) is 17.2 Å². The van der Waals surface area contributed by atoms with Crippen molar-refractivity contribution in [3.05, 3.63) is 380 Å². The molecule has 10 aliphatic rings. The molecule has 8 unspecified atom stereocenters. The molecule has 466 valence electrons. The van der Waals surface area contributed by atoms with Crippen LogP contribution in [0.5, 0.6) is 0 Å². The molecule has 5 spiro atoms. The Hall–Kier alpha value is -7.76. The molecule has 0 radical (unpaired) electrons. The zero-order chi connectivity index (χ0) is 65.2. The SMILES string of the molecule is CC1=CC2=C(C=CC=CC2c2ccc(F)c3ccccc23)[C]12[SiH](C)[C]1(C(C)=CC3=C1C=CC=CC3c1ccc(F)c3ccccc13)[Hf]21([Cl])([Cl])[C]2(C(C)=CC3=C2C=CC=CC3c2ccc(F)c3ccccc23)[SiH](C)[C]12C(C)=CC1=C2C=CC=CC1c1ccc(F)c2ccccc12. The maximum absolute atomic E-state index is 16.3. The average Bonchev–Trinajstić information content (AvgIpc) is 1.51. The van der Waals surface area contributed by atoms with Gasteiger partial charge in [0.15, 0.2) is 0 Å². The molecule has 2 saturated heterocycles. The molecule has 0 saturated carbocycles. The topological polar surface area (TPSA) is 0 Å². The van der Waals surface area contributed by atoms with Crippen LogP contribution >= 0.6 is 17.2 Å². The van der Waals surface area contributed by atoms with Crippen LogP contribution in [0.25, 0.3) is 43.1 Å². The van der Waals surface area contributed by atoms with Crippen LogP contribution in [0, 0.1) is 23.3 Å². The summed E-state index contributed by atoms with van der Waals surface area (Å²) in [5, 5.41) is 5.71. The second-order valence-corrected chi connectivity index (χ2v) is 83.0. The summed E-state index contributed by atoms with van der Waals surface area (Å²) in [6, 6.07) is 46.0. The van der Waals surface area contributed by atoms with E-state index in [1.807, 2.05) is 97.1 Å². The van der Waals surface area contributed by atoms with E-state index in [1.165, 1.54) is 44.6 Å². The molecule has 8 aromatic carbocycles. The molecule has 9 heteroatoms. The first-order chi connectivity index (χ1) is 45.9. The van der Waals surface area contributed by atoms with Gasteiger partial charge in [0, 0.05) is 0 Å². The molecular formula is C86H68Cl2F4HfSi2. The van der Waals surface area contributed by atoms with Gasteiger partial charge >= 0.3 is 565 Å². The molecule has 8 aromatic rings. The standard InChI is InChI=1S/2C43H34F2Si.2ClH.Hf/c2*1-26-24-38-30(32-20-22-40(44)34-16-8-4-12-28(32)34)14-6-10-18-36(38)42(26)46(3)43-27(2)25-39-31(15-7-11-19-37(39)43)33-21-23-41(45)35-17-9-5-13-29(33)35;;;/h2*4-25,30-31,46H,1-3H3;2*1H;/q;;;;+2/p-2. The third-order valence-electron chi connectivity index (χ3n) is 26.1. The van der Waals surface area contributed by atoms with Crippen molar-refractivity contribution in [2.24, 2.45) is 0 Å². The van der Waals surface area contributed by atoms with Crippen molar-refractivity contribution in [3.63, 3.8) is 0 Å². The molecule has 2 heterocycles. The Morgan fingerprint density at radius 1 is 0.305 bits per heavy atom. The van der Waals surface area contributed by atoms with Crippen LogP contribution in [-0.2, 0) is 14.7 Å². The number of halogens is 6. The van der Waals surface area contributed by atoms with Gasteiger partial charge in [0.25, 0.3) is 0 Å². The number of allylic oxidation sites excluding steroid dienone is 32. The summed E-state index contributed by atoms with van der Waals surface area (Å²) in [5.74, 6) is -2.35. The fraction of sp³-hybridized carbons (Fsp3) is 0.163. The molecule has 0 N–H and O–H groups in total. The van der Waals surface area contributed by atoms with Gasteiger partial charge < -0.3 is 0 Å². The Balaban J connectivity index is 1.04. The fourth-order valence-corrected chi connectivity index (χ4v) is 196. The van der Waals surface area contributed by atoms with Gasteiger partial charge in [-0.15, -0.1) is 0 Å². The first-order valence-electron chi connectivity index (χ1n) is 33.5. The van der Waals surface area contributed by atoms with Gasteiger partial charge in [0.05, 0.1) is 0 Å². The fourth-order valence-electron chi connectivity index (χ4n) is 24.0. The Morgan fingerprint density at radius 3 is 0.737 bits per heavy atom. The molecule has 18 rings (SSSR count). The van der Waals surface area contributed by atoms with Gasteiger partial charge in [-0.2, -0.15) is 0 Å². The van der Waals surface area contributed by atoms with E-state index >= 15 is 17.6 Å². The van der Waals surface area contributed by atoms with Crippen molar-refractivity contribution >= 4 is 77.8 Å². The molecule has 2 fully saturated rings. The van der Waals surface area contributed by atoms with Gasteiger partial charge in [0.2, 0.25) is 0 Å². The van der Waals surface area contributed by atoms with Crippen LogP contribution in [0.15, 0.2) is 334 Å². The molecule has 95 heavy (non-hydrogen) atoms. The Labute approximate surface area is 560 Å². The predicted octanol–water partition coefficient (Wildman–Crippen LogP) is 23.9. The van der Waals surface area contributed by atoms with Crippen LogP contribution in [0.1, 0.15) is 73.6 Å². The van der Waals surface area contributed by atoms with Crippen LogP contribution < -0.4 is 0 Å².